The Morgan fingerprint density at radius 1 is 1.42 bits per heavy atom. The highest BCUT2D eigenvalue weighted by molar-refractivity contribution is 6.67. The van der Waals surface area contributed by atoms with Crippen molar-refractivity contribution in [2.75, 3.05) is 20.1 Å². The summed E-state index contributed by atoms with van der Waals surface area (Å²) < 4.78 is 4.26. The molecule has 0 unspecified atom stereocenters. The molecule has 6 heteroatoms. The highest BCUT2D eigenvalue weighted by atomic mass is 35.5. The van der Waals surface area contributed by atoms with Crippen LogP contribution in [0.25, 0.3) is 0 Å². The van der Waals surface area contributed by atoms with E-state index < -0.39 is 17.5 Å². The predicted molar refractivity (Wildman–Crippen MR) is 42.2 cm³/mol. The summed E-state index contributed by atoms with van der Waals surface area (Å²) in [5.41, 5.74) is -0.435. The normalized spacial score (nSPS) is 10.8. The quantitative estimate of drug-likeness (QED) is 0.207. The molecule has 0 amide bonds. The van der Waals surface area contributed by atoms with Gasteiger partial charge in [-0.3, -0.25) is 4.79 Å². The number of rotatable bonds is 4. The van der Waals surface area contributed by atoms with Gasteiger partial charge in [-0.25, -0.2) is 4.79 Å². The molecule has 68 valence electrons. The van der Waals surface area contributed by atoms with E-state index in [1.807, 2.05) is 0 Å². The van der Waals surface area contributed by atoms with Gasteiger partial charge >= 0.3 is 5.97 Å². The van der Waals surface area contributed by atoms with E-state index in [2.05, 4.69) is 14.7 Å². The lowest BCUT2D eigenvalue weighted by Crippen LogP contribution is -2.26. The third-order valence-electron chi connectivity index (χ3n) is 0.947. The van der Waals surface area contributed by atoms with Gasteiger partial charge in [-0.15, -0.1) is 11.6 Å². The molecule has 0 rings (SSSR count). The molecular formula is C6H8ClNO4. The molecule has 0 aromatic heterocycles. The highest BCUT2D eigenvalue weighted by Gasteiger charge is 2.20. The molecule has 0 radical (unpaired) electrons. The monoisotopic (exact) mass is 193 g/mol. The lowest BCUT2D eigenvalue weighted by Gasteiger charge is -1.98. The minimum absolute atomic E-state index is 0.336. The maximum Gasteiger partial charge on any atom is 0.363 e. The summed E-state index contributed by atoms with van der Waals surface area (Å²) >= 11 is 5.19. The summed E-state index contributed by atoms with van der Waals surface area (Å²) in [5.74, 6) is -1.83. The van der Waals surface area contributed by atoms with Crippen molar-refractivity contribution in [2.45, 2.75) is 0 Å². The molecule has 0 N–H and O–H groups in total. The average molecular weight is 194 g/mol. The lowest BCUT2D eigenvalue weighted by molar-refractivity contribution is -0.133. The molecule has 0 aromatic rings. The Labute approximate surface area is 74.3 Å². The molecule has 0 aliphatic heterocycles. The fraction of sp³-hybridized carbons (Fsp3) is 0.500. The number of carbonyl (C=O) groups excluding carboxylic acids is 2. The van der Waals surface area contributed by atoms with Crippen molar-refractivity contribution >= 4 is 29.1 Å². The van der Waals surface area contributed by atoms with Gasteiger partial charge in [0, 0.05) is 0 Å². The first kappa shape index (κ1) is 10.9. The van der Waals surface area contributed by atoms with Gasteiger partial charge in [0.05, 0.1) is 13.0 Å². The van der Waals surface area contributed by atoms with Crippen LogP contribution in [0.3, 0.4) is 0 Å². The van der Waals surface area contributed by atoms with Crippen molar-refractivity contribution in [2.24, 2.45) is 5.16 Å². The van der Waals surface area contributed by atoms with Gasteiger partial charge in [0.1, 0.15) is 7.11 Å². The zero-order valence-electron chi connectivity index (χ0n) is 6.67. The summed E-state index contributed by atoms with van der Waals surface area (Å²) in [7, 11) is 2.35. The molecule has 0 spiro atoms. The zero-order chi connectivity index (χ0) is 9.56. The van der Waals surface area contributed by atoms with Crippen molar-refractivity contribution in [3.05, 3.63) is 0 Å². The number of Topliss-reactive ketones (excluding diaryl/α,β-unsaturated/α-hetero) is 1. The van der Waals surface area contributed by atoms with E-state index in [4.69, 9.17) is 11.6 Å². The highest BCUT2D eigenvalue weighted by Crippen LogP contribution is 1.90. The molecule has 0 aromatic carbocycles. The first-order valence-electron chi connectivity index (χ1n) is 2.96. The third-order valence-corrected chi connectivity index (χ3v) is 1.19. The smallest absolute Gasteiger partial charge is 0.363 e. The van der Waals surface area contributed by atoms with Crippen LogP contribution in [0.1, 0.15) is 0 Å². The number of ether oxygens (including phenoxy) is 1. The summed E-state index contributed by atoms with van der Waals surface area (Å²) in [6, 6.07) is 0. The van der Waals surface area contributed by atoms with Gasteiger partial charge in [-0.2, -0.15) is 0 Å². The van der Waals surface area contributed by atoms with Gasteiger partial charge in [0.2, 0.25) is 11.5 Å². The number of esters is 1. The Morgan fingerprint density at radius 3 is 2.33 bits per heavy atom. The Balaban J connectivity index is 4.55. The van der Waals surface area contributed by atoms with Crippen LogP contribution in [0.4, 0.5) is 0 Å². The third kappa shape index (κ3) is 2.87. The maximum atomic E-state index is 10.9. The summed E-state index contributed by atoms with van der Waals surface area (Å²) in [6.07, 6.45) is 0. The van der Waals surface area contributed by atoms with Gasteiger partial charge < -0.3 is 9.57 Å². The first-order valence-corrected chi connectivity index (χ1v) is 3.49. The van der Waals surface area contributed by atoms with E-state index in [0.29, 0.717) is 0 Å². The second kappa shape index (κ2) is 5.54. The Bertz CT molecular complexity index is 196. The van der Waals surface area contributed by atoms with E-state index in [1.165, 1.54) is 7.11 Å². The number of hydrogen-bond acceptors (Lipinski definition) is 5. The van der Waals surface area contributed by atoms with Gasteiger partial charge in [-0.05, 0) is 0 Å². The van der Waals surface area contributed by atoms with Crippen molar-refractivity contribution in [3.63, 3.8) is 0 Å². The Morgan fingerprint density at radius 2 is 2.00 bits per heavy atom. The van der Waals surface area contributed by atoms with Crippen molar-refractivity contribution in [3.8, 4) is 0 Å². The van der Waals surface area contributed by atoms with Crippen LogP contribution in [0.15, 0.2) is 5.16 Å². The van der Waals surface area contributed by atoms with E-state index >= 15 is 0 Å². The molecule has 0 aliphatic carbocycles. The number of oxime groups is 1. The molecule has 0 fully saturated rings. The fourth-order valence-electron chi connectivity index (χ4n) is 0.453. The van der Waals surface area contributed by atoms with Crippen LogP contribution in [0, 0.1) is 0 Å². The predicted octanol–water partition coefficient (Wildman–Crippen LogP) is -0.0303. The van der Waals surface area contributed by atoms with E-state index in [-0.39, 0.29) is 5.88 Å². The number of halogens is 1. The number of methoxy groups -OCH3 is 1. The van der Waals surface area contributed by atoms with Crippen LogP contribution in [0.2, 0.25) is 0 Å². The van der Waals surface area contributed by atoms with Crippen LogP contribution in [0.5, 0.6) is 0 Å². The summed E-state index contributed by atoms with van der Waals surface area (Å²) in [5, 5.41) is 3.17. The van der Waals surface area contributed by atoms with Crippen molar-refractivity contribution in [1.29, 1.82) is 0 Å². The van der Waals surface area contributed by atoms with Gasteiger partial charge in [0.25, 0.3) is 0 Å². The standard InChI is InChI=1S/C6H8ClNO4/c1-11-6(10)5(8-12-2)4(9)3-7/h3H2,1-2H3/b8-5-. The number of alkyl halides is 1. The lowest BCUT2D eigenvalue weighted by atomic mass is 10.3. The fourth-order valence-corrected chi connectivity index (χ4v) is 0.580. The zero-order valence-corrected chi connectivity index (χ0v) is 7.42. The maximum absolute atomic E-state index is 10.9. The average Bonchev–Trinajstić information content (AvgIpc) is 2.11. The van der Waals surface area contributed by atoms with E-state index in [1.54, 1.807) is 0 Å². The largest absolute Gasteiger partial charge is 0.464 e. The number of carbonyl (C=O) groups is 2. The SMILES string of the molecule is CO/N=C(/C(=O)CCl)C(=O)OC. The number of nitrogens with zero attached hydrogens (tertiary/aromatic N) is 1. The Kier molecular flexibility index (Phi) is 5.03. The molecule has 0 bridgehead atoms. The first-order chi connectivity index (χ1) is 5.67. The summed E-state index contributed by atoms with van der Waals surface area (Å²) in [4.78, 5) is 25.9. The second-order valence-corrected chi connectivity index (χ2v) is 1.94. The molecule has 0 saturated heterocycles. The molecule has 0 atom stereocenters. The molecule has 12 heavy (non-hydrogen) atoms. The van der Waals surface area contributed by atoms with E-state index in [9.17, 15) is 9.59 Å². The molecule has 0 saturated carbocycles. The van der Waals surface area contributed by atoms with Crippen molar-refractivity contribution in [1.82, 2.24) is 0 Å². The Hall–Kier alpha value is -1.10. The topological polar surface area (TPSA) is 65.0 Å². The number of hydrogen-bond donors (Lipinski definition) is 0. The summed E-state index contributed by atoms with van der Waals surface area (Å²) in [6.45, 7) is 0. The molecule has 0 heterocycles. The van der Waals surface area contributed by atoms with Crippen molar-refractivity contribution < 1.29 is 19.2 Å². The minimum atomic E-state index is -0.859. The van der Waals surface area contributed by atoms with Crippen LogP contribution in [-0.2, 0) is 19.2 Å². The van der Waals surface area contributed by atoms with E-state index in [0.717, 1.165) is 7.11 Å². The van der Waals surface area contributed by atoms with Crippen LogP contribution in [-0.4, -0.2) is 37.6 Å². The molecule has 0 aliphatic rings. The molecular weight excluding hydrogens is 186 g/mol. The van der Waals surface area contributed by atoms with Crippen LogP contribution >= 0.6 is 11.6 Å². The molecule has 5 nitrogen and oxygen atoms in total. The second-order valence-electron chi connectivity index (χ2n) is 1.67. The minimum Gasteiger partial charge on any atom is -0.464 e. The van der Waals surface area contributed by atoms with Gasteiger partial charge in [-0.1, -0.05) is 5.16 Å². The van der Waals surface area contributed by atoms with Crippen LogP contribution < -0.4 is 0 Å². The number of ketones is 1. The van der Waals surface area contributed by atoms with Gasteiger partial charge in [0.15, 0.2) is 0 Å².